The van der Waals surface area contributed by atoms with Crippen molar-refractivity contribution in [3.8, 4) is 0 Å². The molecule has 0 aliphatic heterocycles. The quantitative estimate of drug-likeness (QED) is 0.764. The van der Waals surface area contributed by atoms with Crippen LogP contribution in [-0.2, 0) is 4.79 Å². The Balaban J connectivity index is 5.14. The van der Waals surface area contributed by atoms with Crippen molar-refractivity contribution in [2.45, 2.75) is 32.1 Å². The number of halogens is 6. The van der Waals surface area contributed by atoms with Crippen molar-refractivity contribution in [2.24, 2.45) is 5.92 Å². The Morgan fingerprint density at radius 2 is 1.58 bits per heavy atom. The Labute approximate surface area is 106 Å². The fraction of sp³-hybridized carbons (Fsp3) is 0.900. The van der Waals surface area contributed by atoms with Crippen LogP contribution in [0.25, 0.3) is 0 Å². The predicted octanol–water partition coefficient (Wildman–Crippen LogP) is 2.35. The number of amides is 1. The van der Waals surface area contributed by atoms with Gasteiger partial charge in [-0.25, -0.2) is 0 Å². The van der Waals surface area contributed by atoms with Gasteiger partial charge >= 0.3 is 12.4 Å². The van der Waals surface area contributed by atoms with Gasteiger partial charge in [0, 0.05) is 13.1 Å². The highest BCUT2D eigenvalue weighted by Crippen LogP contribution is 2.40. The summed E-state index contributed by atoms with van der Waals surface area (Å²) in [4.78, 5) is 11.8. The third-order valence-electron chi connectivity index (χ3n) is 2.36. The molecule has 0 aromatic rings. The minimum absolute atomic E-state index is 0.251. The summed E-state index contributed by atoms with van der Waals surface area (Å²) < 4.78 is 74.2. The van der Waals surface area contributed by atoms with Crippen LogP contribution in [0.15, 0.2) is 0 Å². The molecule has 0 heterocycles. The number of hydrogen-bond acceptors (Lipinski definition) is 2. The van der Waals surface area contributed by atoms with Crippen LogP contribution in [0.5, 0.6) is 0 Å². The van der Waals surface area contributed by atoms with Crippen LogP contribution in [0.1, 0.15) is 19.8 Å². The number of aliphatic hydroxyl groups is 1. The molecule has 9 heteroatoms. The molecule has 3 nitrogen and oxygen atoms in total. The molecule has 0 aliphatic rings. The molecule has 0 saturated heterocycles. The van der Waals surface area contributed by atoms with Gasteiger partial charge in [-0.2, -0.15) is 26.3 Å². The first-order valence-corrected chi connectivity index (χ1v) is 5.58. The smallest absolute Gasteiger partial charge is 0.395 e. The van der Waals surface area contributed by atoms with E-state index in [2.05, 4.69) is 0 Å². The van der Waals surface area contributed by atoms with Gasteiger partial charge in [-0.3, -0.25) is 4.79 Å². The van der Waals surface area contributed by atoms with Crippen LogP contribution in [0.4, 0.5) is 26.3 Å². The number of carbonyl (C=O) groups excluding carboxylic acids is 1. The third-order valence-corrected chi connectivity index (χ3v) is 2.36. The summed E-state index contributed by atoms with van der Waals surface area (Å²) in [5, 5.41) is 8.62. The SMILES string of the molecule is CCCCN(CCO)C(=O)C(C(F)(F)F)C(F)(F)F. The summed E-state index contributed by atoms with van der Waals surface area (Å²) in [6, 6.07) is 0. The summed E-state index contributed by atoms with van der Waals surface area (Å²) in [6.07, 6.45) is -10.6. The van der Waals surface area contributed by atoms with Crippen molar-refractivity contribution in [3.63, 3.8) is 0 Å². The van der Waals surface area contributed by atoms with Crippen LogP contribution in [0.3, 0.4) is 0 Å². The normalized spacial score (nSPS) is 12.9. The lowest BCUT2D eigenvalue weighted by Gasteiger charge is -2.29. The molecule has 0 saturated carbocycles. The molecule has 114 valence electrons. The number of rotatable bonds is 6. The minimum Gasteiger partial charge on any atom is -0.395 e. The molecule has 0 aromatic heterocycles. The minimum atomic E-state index is -5.70. The monoisotopic (exact) mass is 295 g/mol. The molecule has 0 fully saturated rings. The van der Waals surface area contributed by atoms with Gasteiger partial charge in [0.15, 0.2) is 0 Å². The van der Waals surface area contributed by atoms with E-state index in [0.717, 1.165) is 0 Å². The zero-order valence-electron chi connectivity index (χ0n) is 10.2. The molecule has 19 heavy (non-hydrogen) atoms. The van der Waals surface area contributed by atoms with E-state index < -0.39 is 37.3 Å². The summed E-state index contributed by atoms with van der Waals surface area (Å²) in [7, 11) is 0. The van der Waals surface area contributed by atoms with Gasteiger partial charge in [0.2, 0.25) is 11.8 Å². The molecule has 1 N–H and O–H groups in total. The Kier molecular flexibility index (Phi) is 6.61. The van der Waals surface area contributed by atoms with E-state index in [9.17, 15) is 31.1 Å². The van der Waals surface area contributed by atoms with E-state index in [4.69, 9.17) is 5.11 Å². The second kappa shape index (κ2) is 6.97. The van der Waals surface area contributed by atoms with Crippen molar-refractivity contribution in [2.75, 3.05) is 19.7 Å². The lowest BCUT2D eigenvalue weighted by atomic mass is 10.1. The van der Waals surface area contributed by atoms with E-state index in [1.54, 1.807) is 6.92 Å². The molecule has 0 atom stereocenters. The zero-order chi connectivity index (χ0) is 15.3. The average molecular weight is 295 g/mol. The number of unbranched alkanes of at least 4 members (excludes halogenated alkanes) is 1. The molecular formula is C10H15F6NO2. The molecular weight excluding hydrogens is 280 g/mol. The van der Waals surface area contributed by atoms with E-state index in [0.29, 0.717) is 11.3 Å². The standard InChI is InChI=1S/C10H15F6NO2/c1-2-3-4-17(5-6-18)8(19)7(9(11,12)13)10(14,15)16/h7,18H,2-6H2,1H3. The molecule has 0 radical (unpaired) electrons. The van der Waals surface area contributed by atoms with Crippen molar-refractivity contribution >= 4 is 5.91 Å². The fourth-order valence-electron chi connectivity index (χ4n) is 1.45. The number of alkyl halides is 6. The van der Waals surface area contributed by atoms with E-state index in [1.165, 1.54) is 0 Å². The molecule has 0 unspecified atom stereocenters. The highest BCUT2D eigenvalue weighted by atomic mass is 19.4. The van der Waals surface area contributed by atoms with E-state index >= 15 is 0 Å². The second-order valence-electron chi connectivity index (χ2n) is 3.92. The third kappa shape index (κ3) is 5.66. The average Bonchev–Trinajstić information content (AvgIpc) is 2.19. The van der Waals surface area contributed by atoms with Crippen LogP contribution < -0.4 is 0 Å². The summed E-state index contributed by atoms with van der Waals surface area (Å²) in [6.45, 7) is 0.171. The Morgan fingerprint density at radius 3 is 1.89 bits per heavy atom. The lowest BCUT2D eigenvalue weighted by molar-refractivity contribution is -0.277. The Hall–Kier alpha value is -0.990. The lowest BCUT2D eigenvalue weighted by Crippen LogP contribution is -2.50. The van der Waals surface area contributed by atoms with Crippen molar-refractivity contribution in [1.82, 2.24) is 4.90 Å². The predicted molar refractivity (Wildman–Crippen MR) is 54.2 cm³/mol. The van der Waals surface area contributed by atoms with Crippen LogP contribution in [0.2, 0.25) is 0 Å². The number of hydrogen-bond donors (Lipinski definition) is 1. The zero-order valence-corrected chi connectivity index (χ0v) is 10.2. The van der Waals surface area contributed by atoms with Gasteiger partial charge < -0.3 is 10.0 Å². The van der Waals surface area contributed by atoms with Gasteiger partial charge in [0.1, 0.15) is 0 Å². The number of aliphatic hydroxyl groups excluding tert-OH is 1. The summed E-state index contributed by atoms with van der Waals surface area (Å²) >= 11 is 0. The molecule has 0 bridgehead atoms. The molecule has 0 rings (SSSR count). The van der Waals surface area contributed by atoms with Crippen molar-refractivity contribution in [1.29, 1.82) is 0 Å². The highest BCUT2D eigenvalue weighted by molar-refractivity contribution is 5.80. The van der Waals surface area contributed by atoms with Gasteiger partial charge in [0.25, 0.3) is 0 Å². The van der Waals surface area contributed by atoms with Gasteiger partial charge in [-0.05, 0) is 6.42 Å². The second-order valence-corrected chi connectivity index (χ2v) is 3.92. The van der Waals surface area contributed by atoms with Gasteiger partial charge in [-0.15, -0.1) is 0 Å². The molecule has 0 aromatic carbocycles. The Bertz CT molecular complexity index is 275. The van der Waals surface area contributed by atoms with E-state index in [1.807, 2.05) is 0 Å². The number of nitrogens with zero attached hydrogens (tertiary/aromatic N) is 1. The fourth-order valence-corrected chi connectivity index (χ4v) is 1.45. The summed E-state index contributed by atoms with van der Waals surface area (Å²) in [5.41, 5.74) is 0. The topological polar surface area (TPSA) is 40.5 Å². The van der Waals surface area contributed by atoms with Gasteiger partial charge in [-0.1, -0.05) is 13.3 Å². The first kappa shape index (κ1) is 18.0. The number of carbonyl (C=O) groups is 1. The molecule has 1 amide bonds. The molecule has 0 spiro atoms. The van der Waals surface area contributed by atoms with Crippen molar-refractivity contribution < 1.29 is 36.2 Å². The Morgan fingerprint density at radius 1 is 1.11 bits per heavy atom. The van der Waals surface area contributed by atoms with E-state index in [-0.39, 0.29) is 13.0 Å². The first-order valence-electron chi connectivity index (χ1n) is 5.58. The maximum absolute atomic E-state index is 12.4. The maximum atomic E-state index is 12.4. The maximum Gasteiger partial charge on any atom is 0.409 e. The highest BCUT2D eigenvalue weighted by Gasteiger charge is 2.61. The largest absolute Gasteiger partial charge is 0.409 e. The summed E-state index contributed by atoms with van der Waals surface area (Å²) in [5.74, 6) is -6.11. The first-order chi connectivity index (χ1) is 8.55. The van der Waals surface area contributed by atoms with Crippen LogP contribution in [0, 0.1) is 5.92 Å². The molecule has 0 aliphatic carbocycles. The van der Waals surface area contributed by atoms with Crippen LogP contribution >= 0.6 is 0 Å². The van der Waals surface area contributed by atoms with Crippen LogP contribution in [-0.4, -0.2) is 48.0 Å². The van der Waals surface area contributed by atoms with Crippen molar-refractivity contribution in [3.05, 3.63) is 0 Å². The van der Waals surface area contributed by atoms with Gasteiger partial charge in [0.05, 0.1) is 6.61 Å².